The third-order valence-electron chi connectivity index (χ3n) is 2.98. The Morgan fingerprint density at radius 2 is 1.67 bits per heavy atom. The second-order valence-corrected chi connectivity index (χ2v) is 5.68. The van der Waals surface area contributed by atoms with Gasteiger partial charge in [-0.05, 0) is 41.0 Å². The number of hydrogen-bond donors (Lipinski definition) is 1. The quantitative estimate of drug-likeness (QED) is 0.689. The zero-order valence-electron chi connectivity index (χ0n) is 10.8. The lowest BCUT2D eigenvalue weighted by molar-refractivity contribution is 0.588. The van der Waals surface area contributed by atoms with E-state index in [9.17, 15) is 0 Å². The second kappa shape index (κ2) is 3.88. The maximum absolute atomic E-state index is 6.06. The van der Waals surface area contributed by atoms with Crippen molar-refractivity contribution < 1.29 is 0 Å². The first kappa shape index (κ1) is 12.1. The van der Waals surface area contributed by atoms with Gasteiger partial charge < -0.3 is 5.73 Å². The summed E-state index contributed by atoms with van der Waals surface area (Å²) in [6.45, 7) is 13.2. The molecule has 1 aromatic carbocycles. The molecule has 1 heteroatoms. The molecule has 0 bridgehead atoms. The Morgan fingerprint density at radius 1 is 1.13 bits per heavy atom. The van der Waals surface area contributed by atoms with Crippen LogP contribution in [0.2, 0.25) is 0 Å². The van der Waals surface area contributed by atoms with E-state index >= 15 is 0 Å². The SMILES string of the molecule is Cc1c(N)cc(C(C)(C)C)cc1C(C)C. The number of nitrogens with two attached hydrogens (primary N) is 1. The molecule has 0 fully saturated rings. The van der Waals surface area contributed by atoms with Gasteiger partial charge in [0.05, 0.1) is 0 Å². The number of benzene rings is 1. The monoisotopic (exact) mass is 205 g/mol. The second-order valence-electron chi connectivity index (χ2n) is 5.68. The fraction of sp³-hybridized carbons (Fsp3) is 0.571. The fourth-order valence-electron chi connectivity index (χ4n) is 1.79. The standard InChI is InChI=1S/C14H23N/c1-9(2)12-7-11(14(4,5)6)8-13(15)10(12)3/h7-9H,15H2,1-6H3. The summed E-state index contributed by atoms with van der Waals surface area (Å²) < 4.78 is 0. The largest absolute Gasteiger partial charge is 0.398 e. The lowest BCUT2D eigenvalue weighted by atomic mass is 9.83. The van der Waals surface area contributed by atoms with Crippen LogP contribution in [-0.2, 0) is 5.41 Å². The van der Waals surface area contributed by atoms with Gasteiger partial charge in [0.2, 0.25) is 0 Å². The molecule has 0 radical (unpaired) electrons. The van der Waals surface area contributed by atoms with Crippen molar-refractivity contribution in [2.24, 2.45) is 0 Å². The van der Waals surface area contributed by atoms with E-state index in [4.69, 9.17) is 5.73 Å². The van der Waals surface area contributed by atoms with Crippen molar-refractivity contribution in [1.82, 2.24) is 0 Å². The van der Waals surface area contributed by atoms with Gasteiger partial charge in [0.25, 0.3) is 0 Å². The van der Waals surface area contributed by atoms with Gasteiger partial charge in [-0.1, -0.05) is 40.7 Å². The number of nitrogen functional groups attached to an aromatic ring is 1. The van der Waals surface area contributed by atoms with E-state index in [1.807, 2.05) is 0 Å². The first-order valence-electron chi connectivity index (χ1n) is 5.64. The Bertz CT molecular complexity index is 356. The molecule has 1 nitrogen and oxygen atoms in total. The van der Waals surface area contributed by atoms with Crippen LogP contribution in [0.25, 0.3) is 0 Å². The van der Waals surface area contributed by atoms with Crippen molar-refractivity contribution in [1.29, 1.82) is 0 Å². The van der Waals surface area contributed by atoms with Crippen LogP contribution in [0.4, 0.5) is 5.69 Å². The highest BCUT2D eigenvalue weighted by molar-refractivity contribution is 5.54. The molecular weight excluding hydrogens is 182 g/mol. The van der Waals surface area contributed by atoms with Crippen molar-refractivity contribution in [3.8, 4) is 0 Å². The molecule has 1 aromatic rings. The normalized spacial score (nSPS) is 12.2. The van der Waals surface area contributed by atoms with E-state index in [2.05, 4.69) is 53.7 Å². The van der Waals surface area contributed by atoms with E-state index in [1.54, 1.807) is 0 Å². The summed E-state index contributed by atoms with van der Waals surface area (Å²) in [7, 11) is 0. The highest BCUT2D eigenvalue weighted by Crippen LogP contribution is 2.31. The minimum Gasteiger partial charge on any atom is -0.398 e. The highest BCUT2D eigenvalue weighted by atomic mass is 14.6. The smallest absolute Gasteiger partial charge is 0.0349 e. The van der Waals surface area contributed by atoms with Crippen molar-refractivity contribution in [2.75, 3.05) is 5.73 Å². The Kier molecular flexibility index (Phi) is 3.13. The average Bonchev–Trinajstić information content (AvgIpc) is 2.06. The Balaban J connectivity index is 3.36. The third kappa shape index (κ3) is 2.53. The van der Waals surface area contributed by atoms with E-state index in [1.165, 1.54) is 16.7 Å². The van der Waals surface area contributed by atoms with Gasteiger partial charge in [-0.3, -0.25) is 0 Å². The Hall–Kier alpha value is -0.980. The van der Waals surface area contributed by atoms with Crippen molar-refractivity contribution in [2.45, 2.75) is 52.9 Å². The van der Waals surface area contributed by atoms with Gasteiger partial charge in [0.15, 0.2) is 0 Å². The van der Waals surface area contributed by atoms with Crippen LogP contribution in [0, 0.1) is 6.92 Å². The molecule has 0 heterocycles. The highest BCUT2D eigenvalue weighted by Gasteiger charge is 2.17. The van der Waals surface area contributed by atoms with Crippen LogP contribution >= 0.6 is 0 Å². The molecule has 84 valence electrons. The van der Waals surface area contributed by atoms with Crippen LogP contribution < -0.4 is 5.73 Å². The molecule has 15 heavy (non-hydrogen) atoms. The van der Waals surface area contributed by atoms with Crippen LogP contribution in [0.5, 0.6) is 0 Å². The van der Waals surface area contributed by atoms with Gasteiger partial charge in [-0.15, -0.1) is 0 Å². The predicted molar refractivity (Wildman–Crippen MR) is 68.4 cm³/mol. The third-order valence-corrected chi connectivity index (χ3v) is 2.98. The molecule has 0 atom stereocenters. The summed E-state index contributed by atoms with van der Waals surface area (Å²) in [5.41, 5.74) is 11.1. The summed E-state index contributed by atoms with van der Waals surface area (Å²) in [4.78, 5) is 0. The predicted octanol–water partition coefficient (Wildman–Crippen LogP) is 4.00. The van der Waals surface area contributed by atoms with E-state index in [-0.39, 0.29) is 5.41 Å². The minimum absolute atomic E-state index is 0.172. The van der Waals surface area contributed by atoms with Crippen molar-refractivity contribution >= 4 is 5.69 Å². The molecular formula is C14H23N. The average molecular weight is 205 g/mol. The molecule has 2 N–H and O–H groups in total. The summed E-state index contributed by atoms with van der Waals surface area (Å²) in [6, 6.07) is 4.41. The Labute approximate surface area is 93.7 Å². The van der Waals surface area contributed by atoms with Crippen LogP contribution in [0.15, 0.2) is 12.1 Å². The van der Waals surface area contributed by atoms with E-state index in [0.29, 0.717) is 5.92 Å². The lowest BCUT2D eigenvalue weighted by Gasteiger charge is -2.23. The van der Waals surface area contributed by atoms with Gasteiger partial charge in [0, 0.05) is 5.69 Å². The van der Waals surface area contributed by atoms with E-state index < -0.39 is 0 Å². The van der Waals surface area contributed by atoms with Gasteiger partial charge in [0.1, 0.15) is 0 Å². The van der Waals surface area contributed by atoms with Crippen molar-refractivity contribution in [3.63, 3.8) is 0 Å². The number of anilines is 1. The maximum Gasteiger partial charge on any atom is 0.0349 e. The first-order valence-corrected chi connectivity index (χ1v) is 5.64. The van der Waals surface area contributed by atoms with Crippen LogP contribution in [0.1, 0.15) is 57.2 Å². The molecule has 0 amide bonds. The summed E-state index contributed by atoms with van der Waals surface area (Å²) >= 11 is 0. The topological polar surface area (TPSA) is 26.0 Å². The van der Waals surface area contributed by atoms with Crippen LogP contribution in [-0.4, -0.2) is 0 Å². The first-order chi connectivity index (χ1) is 6.73. The van der Waals surface area contributed by atoms with Gasteiger partial charge in [-0.25, -0.2) is 0 Å². The molecule has 0 aliphatic rings. The lowest BCUT2D eigenvalue weighted by Crippen LogP contribution is -2.13. The molecule has 0 aliphatic heterocycles. The molecule has 0 saturated heterocycles. The number of hydrogen-bond acceptors (Lipinski definition) is 1. The van der Waals surface area contributed by atoms with Gasteiger partial charge in [-0.2, -0.15) is 0 Å². The van der Waals surface area contributed by atoms with Crippen molar-refractivity contribution in [3.05, 3.63) is 28.8 Å². The molecule has 0 saturated carbocycles. The number of rotatable bonds is 1. The zero-order chi connectivity index (χ0) is 11.8. The Morgan fingerprint density at radius 3 is 2.07 bits per heavy atom. The van der Waals surface area contributed by atoms with Gasteiger partial charge >= 0.3 is 0 Å². The van der Waals surface area contributed by atoms with E-state index in [0.717, 1.165) is 5.69 Å². The summed E-state index contributed by atoms with van der Waals surface area (Å²) in [5.74, 6) is 0.537. The minimum atomic E-state index is 0.172. The maximum atomic E-state index is 6.06. The molecule has 0 aliphatic carbocycles. The molecule has 0 aromatic heterocycles. The fourth-order valence-corrected chi connectivity index (χ4v) is 1.79. The summed E-state index contributed by atoms with van der Waals surface area (Å²) in [6.07, 6.45) is 0. The molecule has 1 rings (SSSR count). The zero-order valence-corrected chi connectivity index (χ0v) is 10.8. The van der Waals surface area contributed by atoms with Crippen LogP contribution in [0.3, 0.4) is 0 Å². The molecule has 0 unspecified atom stereocenters. The summed E-state index contributed by atoms with van der Waals surface area (Å²) in [5, 5.41) is 0. The molecule has 0 spiro atoms.